The molecule has 0 radical (unpaired) electrons. The predicted octanol–water partition coefficient (Wildman–Crippen LogP) is 2.41. The Balaban J connectivity index is 1.16. The van der Waals surface area contributed by atoms with Crippen molar-refractivity contribution in [1.82, 2.24) is 19.8 Å². The van der Waals surface area contributed by atoms with Gasteiger partial charge >= 0.3 is 0 Å². The number of carbonyl (C=O) groups excluding carboxylic acids is 1. The normalized spacial score (nSPS) is 32.8. The lowest BCUT2D eigenvalue weighted by molar-refractivity contribution is 0.0383. The van der Waals surface area contributed by atoms with E-state index in [1.165, 1.54) is 32.1 Å². The summed E-state index contributed by atoms with van der Waals surface area (Å²) in [6.45, 7) is 7.74. The maximum atomic E-state index is 13.0. The molecule has 4 atom stereocenters. The Morgan fingerprint density at radius 1 is 0.968 bits per heavy atom. The first-order chi connectivity index (χ1) is 15.1. The zero-order valence-corrected chi connectivity index (χ0v) is 18.8. The standard InChI is InChI=1S/C24H37N5O2/c1-17-11-18-15-29(16-19(18)12-22(17)30)23(31)20-13-25-24(26-14-20)28-9-7-27(8-10-28)21-5-3-2-4-6-21/h13-14,17-19,21-22,30H,2-12,15-16H2,1H3. The van der Waals surface area contributed by atoms with E-state index < -0.39 is 0 Å². The van der Waals surface area contributed by atoms with E-state index in [4.69, 9.17) is 0 Å². The molecular formula is C24H37N5O2. The van der Waals surface area contributed by atoms with Crippen LogP contribution in [0.1, 0.15) is 62.2 Å². The highest BCUT2D eigenvalue weighted by atomic mass is 16.3. The van der Waals surface area contributed by atoms with Crippen LogP contribution in [0.2, 0.25) is 0 Å². The highest BCUT2D eigenvalue weighted by molar-refractivity contribution is 5.94. The summed E-state index contributed by atoms with van der Waals surface area (Å²) >= 11 is 0. The predicted molar refractivity (Wildman–Crippen MR) is 120 cm³/mol. The number of likely N-dealkylation sites (tertiary alicyclic amines) is 1. The summed E-state index contributed by atoms with van der Waals surface area (Å²) in [5, 5.41) is 10.2. The van der Waals surface area contributed by atoms with Crippen molar-refractivity contribution in [2.24, 2.45) is 17.8 Å². The molecule has 4 unspecified atom stereocenters. The van der Waals surface area contributed by atoms with Crippen molar-refractivity contribution in [2.75, 3.05) is 44.2 Å². The minimum absolute atomic E-state index is 0.0326. The van der Waals surface area contributed by atoms with Crippen molar-refractivity contribution < 1.29 is 9.90 Å². The van der Waals surface area contributed by atoms with Crippen LogP contribution in [0.25, 0.3) is 0 Å². The number of aliphatic hydroxyl groups excluding tert-OH is 1. The number of fused-ring (bicyclic) bond motifs is 1. The number of amides is 1. The number of carbonyl (C=O) groups is 1. The molecule has 2 saturated carbocycles. The largest absolute Gasteiger partial charge is 0.393 e. The molecule has 1 N–H and O–H groups in total. The number of rotatable bonds is 3. The average Bonchev–Trinajstić information content (AvgIpc) is 3.22. The van der Waals surface area contributed by atoms with Gasteiger partial charge in [0.25, 0.3) is 5.91 Å². The number of aliphatic hydroxyl groups is 1. The monoisotopic (exact) mass is 427 g/mol. The van der Waals surface area contributed by atoms with E-state index in [2.05, 4.69) is 26.7 Å². The quantitative estimate of drug-likeness (QED) is 0.799. The summed E-state index contributed by atoms with van der Waals surface area (Å²) in [5.74, 6) is 2.05. The van der Waals surface area contributed by atoms with Gasteiger partial charge in [-0.1, -0.05) is 26.2 Å². The van der Waals surface area contributed by atoms with Gasteiger partial charge in [0.2, 0.25) is 5.95 Å². The summed E-state index contributed by atoms with van der Waals surface area (Å²) in [5.41, 5.74) is 0.580. The Morgan fingerprint density at radius 2 is 1.61 bits per heavy atom. The lowest BCUT2D eigenvalue weighted by atomic mass is 9.75. The third-order valence-electron chi connectivity index (χ3n) is 8.31. The summed E-state index contributed by atoms with van der Waals surface area (Å²) in [7, 11) is 0. The lowest BCUT2D eigenvalue weighted by Crippen LogP contribution is -2.51. The minimum atomic E-state index is -0.225. The molecule has 2 saturated heterocycles. The van der Waals surface area contributed by atoms with E-state index in [-0.39, 0.29) is 12.0 Å². The molecule has 0 aromatic carbocycles. The molecule has 4 fully saturated rings. The summed E-state index contributed by atoms with van der Waals surface area (Å²) in [6, 6.07) is 0.769. The Bertz CT molecular complexity index is 740. The van der Waals surface area contributed by atoms with Gasteiger partial charge in [-0.05, 0) is 43.4 Å². The van der Waals surface area contributed by atoms with Crippen LogP contribution in [-0.4, -0.2) is 82.2 Å². The van der Waals surface area contributed by atoms with Crippen molar-refractivity contribution in [3.05, 3.63) is 18.0 Å². The summed E-state index contributed by atoms with van der Waals surface area (Å²) in [6.07, 6.45) is 11.9. The third-order valence-corrected chi connectivity index (χ3v) is 8.31. The number of nitrogens with zero attached hydrogens (tertiary/aromatic N) is 5. The molecule has 2 aliphatic carbocycles. The smallest absolute Gasteiger partial charge is 0.257 e. The van der Waals surface area contributed by atoms with Gasteiger partial charge in [0.05, 0.1) is 11.7 Å². The van der Waals surface area contributed by atoms with Crippen molar-refractivity contribution in [3.63, 3.8) is 0 Å². The van der Waals surface area contributed by atoms with Crippen molar-refractivity contribution in [3.8, 4) is 0 Å². The Labute approximate surface area is 185 Å². The van der Waals surface area contributed by atoms with Crippen LogP contribution < -0.4 is 4.90 Å². The second-order valence-electron chi connectivity index (χ2n) is 10.3. The molecule has 5 rings (SSSR count). The highest BCUT2D eigenvalue weighted by Crippen LogP contribution is 2.39. The van der Waals surface area contributed by atoms with E-state index in [9.17, 15) is 9.90 Å². The number of anilines is 1. The van der Waals surface area contributed by atoms with Crippen LogP contribution in [0.4, 0.5) is 5.95 Å². The second-order valence-corrected chi connectivity index (χ2v) is 10.3. The van der Waals surface area contributed by atoms with Crippen LogP contribution in [0.15, 0.2) is 12.4 Å². The molecule has 7 nitrogen and oxygen atoms in total. The zero-order chi connectivity index (χ0) is 21.4. The van der Waals surface area contributed by atoms with Crippen LogP contribution in [0.3, 0.4) is 0 Å². The van der Waals surface area contributed by atoms with Crippen LogP contribution in [0.5, 0.6) is 0 Å². The molecule has 0 bridgehead atoms. The topological polar surface area (TPSA) is 72.8 Å². The van der Waals surface area contributed by atoms with Crippen molar-refractivity contribution in [1.29, 1.82) is 0 Å². The van der Waals surface area contributed by atoms with E-state index in [1.807, 2.05) is 4.90 Å². The fourth-order valence-corrected chi connectivity index (χ4v) is 6.33. The molecule has 4 aliphatic rings. The third kappa shape index (κ3) is 4.44. The SMILES string of the molecule is CC1CC2CN(C(=O)c3cnc(N4CCN(C5CCCCC5)CC4)nc3)CC2CC1O. The van der Waals surface area contributed by atoms with Gasteiger partial charge in [0.15, 0.2) is 0 Å². The van der Waals surface area contributed by atoms with Crippen molar-refractivity contribution >= 4 is 11.9 Å². The van der Waals surface area contributed by atoms with Gasteiger partial charge in [-0.3, -0.25) is 9.69 Å². The first kappa shape index (κ1) is 21.1. The van der Waals surface area contributed by atoms with Gasteiger partial charge < -0.3 is 14.9 Å². The summed E-state index contributed by atoms with van der Waals surface area (Å²) in [4.78, 5) is 29.0. The minimum Gasteiger partial charge on any atom is -0.393 e. The highest BCUT2D eigenvalue weighted by Gasteiger charge is 2.41. The number of hydrogen-bond donors (Lipinski definition) is 1. The molecule has 0 spiro atoms. The number of piperazine rings is 1. The number of hydrogen-bond acceptors (Lipinski definition) is 6. The maximum Gasteiger partial charge on any atom is 0.257 e. The van der Waals surface area contributed by atoms with E-state index in [0.29, 0.717) is 23.3 Å². The van der Waals surface area contributed by atoms with Gasteiger partial charge in [0.1, 0.15) is 0 Å². The van der Waals surface area contributed by atoms with E-state index in [1.54, 1.807) is 12.4 Å². The van der Waals surface area contributed by atoms with Crippen LogP contribution in [-0.2, 0) is 0 Å². The Morgan fingerprint density at radius 3 is 2.29 bits per heavy atom. The Kier molecular flexibility index (Phi) is 6.15. The maximum absolute atomic E-state index is 13.0. The van der Waals surface area contributed by atoms with E-state index in [0.717, 1.165) is 64.1 Å². The number of aromatic nitrogens is 2. The van der Waals surface area contributed by atoms with Crippen LogP contribution in [0, 0.1) is 17.8 Å². The first-order valence-electron chi connectivity index (χ1n) is 12.4. The first-order valence-corrected chi connectivity index (χ1v) is 12.4. The summed E-state index contributed by atoms with van der Waals surface area (Å²) < 4.78 is 0. The molecule has 1 aromatic rings. The van der Waals surface area contributed by atoms with Gasteiger partial charge in [-0.2, -0.15) is 0 Å². The lowest BCUT2D eigenvalue weighted by Gasteiger charge is -2.40. The molecule has 31 heavy (non-hydrogen) atoms. The zero-order valence-electron chi connectivity index (χ0n) is 18.8. The van der Waals surface area contributed by atoms with Gasteiger partial charge in [-0.15, -0.1) is 0 Å². The fourth-order valence-electron chi connectivity index (χ4n) is 6.33. The average molecular weight is 428 g/mol. The van der Waals surface area contributed by atoms with Gasteiger partial charge in [-0.25, -0.2) is 9.97 Å². The van der Waals surface area contributed by atoms with Crippen LogP contribution >= 0.6 is 0 Å². The van der Waals surface area contributed by atoms with Crippen molar-refractivity contribution in [2.45, 2.75) is 64.0 Å². The fraction of sp³-hybridized carbons (Fsp3) is 0.792. The molecule has 170 valence electrons. The molecule has 2 aliphatic heterocycles. The second kappa shape index (κ2) is 9.02. The molecule has 1 amide bonds. The molecule has 1 aromatic heterocycles. The molecule has 3 heterocycles. The molecular weight excluding hydrogens is 390 g/mol. The Hall–Kier alpha value is -1.73. The van der Waals surface area contributed by atoms with E-state index >= 15 is 0 Å². The van der Waals surface area contributed by atoms with Gasteiger partial charge in [0, 0.05) is 57.7 Å². The molecule has 7 heteroatoms.